The second-order valence-corrected chi connectivity index (χ2v) is 6.10. The van der Waals surface area contributed by atoms with E-state index >= 15 is 0 Å². The van der Waals surface area contributed by atoms with Crippen LogP contribution in [0.15, 0.2) is 24.2 Å². The van der Waals surface area contributed by atoms with Crippen LogP contribution in [0.2, 0.25) is 0 Å². The third-order valence-electron chi connectivity index (χ3n) is 4.65. The minimum atomic E-state index is -2.92. The van der Waals surface area contributed by atoms with Gasteiger partial charge in [0.1, 0.15) is 0 Å². The lowest BCUT2D eigenvalue weighted by Crippen LogP contribution is -2.55. The lowest BCUT2D eigenvalue weighted by molar-refractivity contribution is 0.0462. The summed E-state index contributed by atoms with van der Waals surface area (Å²) in [6.45, 7) is -5.24. The van der Waals surface area contributed by atoms with Gasteiger partial charge in [0.2, 0.25) is 0 Å². The standard InChI is InChI=1S/C18H24N4O/c1-21-13-6-5-7-14(21)11-12(10-13)19-18(23)17-15-8-3-4-9-16(15)22(2)20-17/h3-4,8-9,12-14H,5-7,10-11H2,1-2H3,(H,19,23)/i1D3,2D3,3D,4D,8D,9D,12D. The van der Waals surface area contributed by atoms with Crippen LogP contribution in [-0.4, -0.2) is 45.7 Å². The molecule has 0 radical (unpaired) electrons. The van der Waals surface area contributed by atoms with Crippen LogP contribution in [0, 0.1) is 0 Å². The summed E-state index contributed by atoms with van der Waals surface area (Å²) >= 11 is 0. The first-order valence-electron chi connectivity index (χ1n) is 13.2. The summed E-state index contributed by atoms with van der Waals surface area (Å²) in [7, 11) is 0. The monoisotopic (exact) mass is 323 g/mol. The number of para-hydroxylation sites is 1. The average Bonchev–Trinajstić information content (AvgIpc) is 3.10. The van der Waals surface area contributed by atoms with Gasteiger partial charge >= 0.3 is 0 Å². The van der Waals surface area contributed by atoms with Crippen LogP contribution in [0.1, 0.15) is 57.7 Å². The Morgan fingerprint density at radius 3 is 2.87 bits per heavy atom. The number of fused-ring (bicyclic) bond motifs is 3. The van der Waals surface area contributed by atoms with E-state index in [4.69, 9.17) is 15.1 Å². The minimum Gasteiger partial charge on any atom is -0.348 e. The van der Waals surface area contributed by atoms with Crippen molar-refractivity contribution in [3.63, 3.8) is 0 Å². The second-order valence-electron chi connectivity index (χ2n) is 6.10. The third kappa shape index (κ3) is 2.53. The van der Waals surface area contributed by atoms with Crippen molar-refractivity contribution in [2.45, 2.75) is 50.2 Å². The predicted octanol–water partition coefficient (Wildman–Crippen LogP) is 2.32. The Bertz CT molecular complexity index is 1140. The van der Waals surface area contributed by atoms with Crippen molar-refractivity contribution >= 4 is 16.8 Å². The Labute approximate surface area is 152 Å². The summed E-state index contributed by atoms with van der Waals surface area (Å²) in [6.07, 6.45) is 2.04. The SMILES string of the molecule is [2H]c1c([2H])c([2H])c2c(c(C(=O)NC3([2H])CC4CCCC(C3)N4C([2H])([2H])[2H])nn2C([2H])([2H])[2H])c1[2H]. The summed E-state index contributed by atoms with van der Waals surface area (Å²) < 4.78 is 88.1. The topological polar surface area (TPSA) is 50.2 Å². The number of hydrogen-bond acceptors (Lipinski definition) is 3. The molecule has 1 amide bonds. The Morgan fingerprint density at radius 1 is 1.35 bits per heavy atom. The summed E-state index contributed by atoms with van der Waals surface area (Å²) in [5.41, 5.74) is -0.947. The Kier molecular flexibility index (Phi) is 1.70. The number of carbonyl (C=O) groups is 1. The molecular weight excluding hydrogens is 288 g/mol. The van der Waals surface area contributed by atoms with Crippen LogP contribution >= 0.6 is 0 Å². The van der Waals surface area contributed by atoms with E-state index in [-0.39, 0.29) is 18.2 Å². The number of nitrogens with zero attached hydrogens (tertiary/aromatic N) is 3. The lowest BCUT2D eigenvalue weighted by atomic mass is 9.82. The molecule has 2 aromatic rings. The Morgan fingerprint density at radius 2 is 2.13 bits per heavy atom. The Balaban J connectivity index is 1.75. The maximum Gasteiger partial charge on any atom is 0.272 e. The van der Waals surface area contributed by atoms with Crippen LogP contribution in [0.25, 0.3) is 10.9 Å². The molecule has 2 aliphatic rings. The molecule has 2 aliphatic heterocycles. The van der Waals surface area contributed by atoms with Gasteiger partial charge in [-0.15, -0.1) is 0 Å². The summed E-state index contributed by atoms with van der Waals surface area (Å²) in [5, 5.41) is 6.05. The van der Waals surface area contributed by atoms with E-state index in [1.165, 1.54) is 4.90 Å². The van der Waals surface area contributed by atoms with Gasteiger partial charge in [0, 0.05) is 38.7 Å². The first-order valence-corrected chi connectivity index (χ1v) is 7.66. The highest BCUT2D eigenvalue weighted by atomic mass is 16.2. The van der Waals surface area contributed by atoms with E-state index in [2.05, 4.69) is 10.4 Å². The van der Waals surface area contributed by atoms with E-state index in [0.717, 1.165) is 6.42 Å². The van der Waals surface area contributed by atoms with Crippen molar-refractivity contribution < 1.29 is 19.9 Å². The number of hydrogen-bond donors (Lipinski definition) is 1. The van der Waals surface area contributed by atoms with E-state index in [1.807, 2.05) is 0 Å². The number of nitrogens with one attached hydrogen (secondary N) is 1. The fourth-order valence-electron chi connectivity index (χ4n) is 3.54. The van der Waals surface area contributed by atoms with E-state index in [9.17, 15) is 4.79 Å². The molecule has 0 spiro atoms. The third-order valence-corrected chi connectivity index (χ3v) is 4.65. The van der Waals surface area contributed by atoms with Crippen molar-refractivity contribution in [2.24, 2.45) is 6.98 Å². The number of carbonyl (C=O) groups excluding carboxylic acids is 1. The fraction of sp³-hybridized carbons (Fsp3) is 0.556. The van der Waals surface area contributed by atoms with Crippen LogP contribution < -0.4 is 5.32 Å². The second kappa shape index (κ2) is 5.64. The van der Waals surface area contributed by atoms with Crippen LogP contribution in [0.3, 0.4) is 0 Å². The molecule has 2 unspecified atom stereocenters. The number of aryl methyl sites for hydroxylation is 1. The zero-order chi connectivity index (χ0) is 25.4. The van der Waals surface area contributed by atoms with Crippen molar-refractivity contribution in [2.75, 3.05) is 6.98 Å². The van der Waals surface area contributed by atoms with Crippen molar-refractivity contribution in [3.05, 3.63) is 29.9 Å². The van der Waals surface area contributed by atoms with Gasteiger partial charge in [-0.2, -0.15) is 5.10 Å². The average molecular weight is 323 g/mol. The lowest BCUT2D eigenvalue weighted by Gasteiger charge is -2.47. The molecule has 2 fully saturated rings. The zero-order valence-electron chi connectivity index (χ0n) is 23.4. The van der Waals surface area contributed by atoms with Gasteiger partial charge in [-0.25, -0.2) is 0 Å². The molecule has 2 saturated heterocycles. The highest BCUT2D eigenvalue weighted by Gasteiger charge is 2.36. The smallest absolute Gasteiger partial charge is 0.272 e. The molecule has 2 bridgehead atoms. The summed E-state index contributed by atoms with van der Waals surface area (Å²) in [4.78, 5) is 14.7. The molecule has 5 nitrogen and oxygen atoms in total. The molecule has 1 N–H and O–H groups in total. The molecule has 5 heteroatoms. The maximum absolute atomic E-state index is 13.3. The van der Waals surface area contributed by atoms with Crippen molar-refractivity contribution in [3.8, 4) is 0 Å². The minimum absolute atomic E-state index is 0.0452. The molecule has 23 heavy (non-hydrogen) atoms. The van der Waals surface area contributed by atoms with Gasteiger partial charge in [-0.3, -0.25) is 9.48 Å². The van der Waals surface area contributed by atoms with E-state index in [1.54, 1.807) is 0 Å². The maximum atomic E-state index is 13.3. The highest BCUT2D eigenvalue weighted by Crippen LogP contribution is 2.32. The quantitative estimate of drug-likeness (QED) is 0.923. The van der Waals surface area contributed by atoms with Gasteiger partial charge in [0.05, 0.1) is 12.4 Å². The molecule has 1 aromatic carbocycles. The highest BCUT2D eigenvalue weighted by molar-refractivity contribution is 6.04. The molecule has 122 valence electrons. The number of aromatic nitrogens is 2. The number of rotatable bonds is 2. The molecule has 4 rings (SSSR count). The molecule has 3 heterocycles. The zero-order valence-corrected chi connectivity index (χ0v) is 12.4. The fourth-order valence-corrected chi connectivity index (χ4v) is 3.54. The summed E-state index contributed by atoms with van der Waals surface area (Å²) in [6, 6.07) is -4.96. The van der Waals surface area contributed by atoms with Gasteiger partial charge in [-0.1, -0.05) is 24.5 Å². The van der Waals surface area contributed by atoms with Crippen LogP contribution in [0.4, 0.5) is 0 Å². The first-order chi connectivity index (χ1) is 15.5. The van der Waals surface area contributed by atoms with Gasteiger partial charge in [0.15, 0.2) is 5.69 Å². The van der Waals surface area contributed by atoms with E-state index < -0.39 is 73.3 Å². The summed E-state index contributed by atoms with van der Waals surface area (Å²) in [5.74, 6) is -0.951. The number of benzene rings is 1. The molecule has 2 atom stereocenters. The normalized spacial score (nSPS) is 39.2. The molecule has 1 aromatic heterocycles. The van der Waals surface area contributed by atoms with Gasteiger partial charge in [0.25, 0.3) is 5.91 Å². The first kappa shape index (κ1) is 6.93. The molecular formula is C18H24N4O. The van der Waals surface area contributed by atoms with Crippen molar-refractivity contribution in [1.29, 1.82) is 0 Å². The molecule has 0 saturated carbocycles. The van der Waals surface area contributed by atoms with Crippen LogP contribution in [0.5, 0.6) is 0 Å². The van der Waals surface area contributed by atoms with Crippen LogP contribution in [-0.2, 0) is 6.98 Å². The molecule has 0 aliphatic carbocycles. The van der Waals surface area contributed by atoms with Gasteiger partial charge < -0.3 is 10.2 Å². The van der Waals surface area contributed by atoms with Gasteiger partial charge in [-0.05, 0) is 38.7 Å². The predicted molar refractivity (Wildman–Crippen MR) is 90.4 cm³/mol. The largest absolute Gasteiger partial charge is 0.348 e. The Hall–Kier alpha value is -1.88. The number of amides is 1. The van der Waals surface area contributed by atoms with E-state index in [0.29, 0.717) is 17.5 Å². The van der Waals surface area contributed by atoms with Crippen molar-refractivity contribution in [1.82, 2.24) is 20.0 Å². The number of piperidine rings is 2.